The lowest BCUT2D eigenvalue weighted by atomic mass is 9.92. The van der Waals surface area contributed by atoms with E-state index in [9.17, 15) is 5.11 Å². The van der Waals surface area contributed by atoms with Crippen molar-refractivity contribution in [2.45, 2.75) is 38.8 Å². The predicted octanol–water partition coefficient (Wildman–Crippen LogP) is 1.68. The summed E-state index contributed by atoms with van der Waals surface area (Å²) in [6.07, 6.45) is 4.55. The summed E-state index contributed by atoms with van der Waals surface area (Å²) in [6, 6.07) is 4.26. The molecule has 1 rings (SSSR count). The molecule has 0 saturated heterocycles. The van der Waals surface area contributed by atoms with Crippen molar-refractivity contribution in [1.82, 2.24) is 10.3 Å². The maximum Gasteiger partial charge on any atom is 0.0652 e. The summed E-state index contributed by atoms with van der Waals surface area (Å²) < 4.78 is 0. The maximum absolute atomic E-state index is 9.50. The van der Waals surface area contributed by atoms with Crippen LogP contribution in [0.1, 0.15) is 32.8 Å². The second-order valence-corrected chi connectivity index (χ2v) is 4.18. The highest BCUT2D eigenvalue weighted by Gasteiger charge is 2.26. The van der Waals surface area contributed by atoms with E-state index < -0.39 is 0 Å². The number of pyridine rings is 1. The number of aliphatic hydroxyl groups excluding tert-OH is 1. The first-order valence-corrected chi connectivity index (χ1v) is 5.41. The van der Waals surface area contributed by atoms with Crippen molar-refractivity contribution in [1.29, 1.82) is 0 Å². The number of aromatic nitrogens is 1. The second kappa shape index (κ2) is 5.24. The van der Waals surface area contributed by atoms with E-state index in [2.05, 4.69) is 24.1 Å². The third-order valence-corrected chi connectivity index (χ3v) is 2.81. The zero-order valence-electron chi connectivity index (χ0n) is 9.70. The Morgan fingerprint density at radius 1 is 1.47 bits per heavy atom. The molecule has 0 fully saturated rings. The highest BCUT2D eigenvalue weighted by molar-refractivity contribution is 5.21. The molecule has 3 nitrogen and oxygen atoms in total. The molecule has 0 aliphatic rings. The van der Waals surface area contributed by atoms with Gasteiger partial charge in [-0.2, -0.15) is 0 Å². The summed E-state index contributed by atoms with van der Waals surface area (Å²) in [6.45, 7) is 6.34. The van der Waals surface area contributed by atoms with Gasteiger partial charge in [0.1, 0.15) is 0 Å². The van der Waals surface area contributed by atoms with Crippen LogP contribution in [0, 0.1) is 0 Å². The van der Waals surface area contributed by atoms with E-state index in [1.165, 1.54) is 0 Å². The molecule has 1 heterocycles. The Labute approximate surface area is 91.5 Å². The minimum absolute atomic E-state index is 0.0847. The van der Waals surface area contributed by atoms with Crippen molar-refractivity contribution in [2.75, 3.05) is 6.61 Å². The van der Waals surface area contributed by atoms with E-state index in [1.54, 1.807) is 12.4 Å². The highest BCUT2D eigenvalue weighted by atomic mass is 16.3. The predicted molar refractivity (Wildman–Crippen MR) is 61.6 cm³/mol. The molecule has 0 spiro atoms. The monoisotopic (exact) mass is 208 g/mol. The van der Waals surface area contributed by atoms with Crippen molar-refractivity contribution in [3.8, 4) is 0 Å². The van der Waals surface area contributed by atoms with Crippen LogP contribution in [0.4, 0.5) is 0 Å². The van der Waals surface area contributed by atoms with Crippen LogP contribution in [0.5, 0.6) is 0 Å². The van der Waals surface area contributed by atoms with Gasteiger partial charge in [0.15, 0.2) is 0 Å². The second-order valence-electron chi connectivity index (χ2n) is 4.18. The Morgan fingerprint density at radius 3 is 2.53 bits per heavy atom. The Kier molecular flexibility index (Phi) is 4.24. The Morgan fingerprint density at radius 2 is 2.07 bits per heavy atom. The molecular formula is C12H20N2O. The molecule has 84 valence electrons. The first-order chi connectivity index (χ1) is 7.12. The third kappa shape index (κ3) is 3.01. The first-order valence-electron chi connectivity index (χ1n) is 5.41. The van der Waals surface area contributed by atoms with Gasteiger partial charge in [-0.3, -0.25) is 4.98 Å². The topological polar surface area (TPSA) is 45.1 Å². The average molecular weight is 208 g/mol. The lowest BCUT2D eigenvalue weighted by molar-refractivity contribution is 0.162. The van der Waals surface area contributed by atoms with Gasteiger partial charge in [-0.05, 0) is 38.0 Å². The zero-order chi connectivity index (χ0) is 11.3. The van der Waals surface area contributed by atoms with E-state index in [1.807, 2.05) is 19.1 Å². The average Bonchev–Trinajstić information content (AvgIpc) is 2.30. The molecule has 2 N–H and O–H groups in total. The van der Waals surface area contributed by atoms with Gasteiger partial charge in [0.05, 0.1) is 12.1 Å². The van der Waals surface area contributed by atoms with Gasteiger partial charge in [-0.15, -0.1) is 0 Å². The summed E-state index contributed by atoms with van der Waals surface area (Å²) in [5.41, 5.74) is 0.693. The lowest BCUT2D eigenvalue weighted by Crippen LogP contribution is -2.47. The Hall–Kier alpha value is -0.930. The van der Waals surface area contributed by atoms with Gasteiger partial charge < -0.3 is 10.4 Å². The van der Waals surface area contributed by atoms with E-state index in [0.29, 0.717) is 6.04 Å². The van der Waals surface area contributed by atoms with Crippen LogP contribution < -0.4 is 5.32 Å². The molecule has 0 radical (unpaired) electrons. The van der Waals surface area contributed by atoms with Crippen molar-refractivity contribution in [2.24, 2.45) is 0 Å². The number of nitrogens with one attached hydrogen (secondary N) is 1. The molecule has 0 saturated carbocycles. The van der Waals surface area contributed by atoms with Crippen LogP contribution in [0.15, 0.2) is 24.5 Å². The van der Waals surface area contributed by atoms with Crippen LogP contribution in [0.3, 0.4) is 0 Å². The normalized spacial score (nSPS) is 17.1. The Bertz CT molecular complexity index is 289. The van der Waals surface area contributed by atoms with Gasteiger partial charge in [0.25, 0.3) is 0 Å². The molecule has 0 aliphatic carbocycles. The summed E-state index contributed by atoms with van der Waals surface area (Å²) in [4.78, 5) is 3.98. The van der Waals surface area contributed by atoms with Crippen molar-refractivity contribution >= 4 is 0 Å². The summed E-state index contributed by atoms with van der Waals surface area (Å²) in [5, 5.41) is 12.9. The minimum Gasteiger partial charge on any atom is -0.394 e. The molecule has 3 heteroatoms. The van der Waals surface area contributed by atoms with E-state index in [-0.39, 0.29) is 12.1 Å². The van der Waals surface area contributed by atoms with Gasteiger partial charge >= 0.3 is 0 Å². The van der Waals surface area contributed by atoms with Gasteiger partial charge in [0, 0.05) is 18.4 Å². The van der Waals surface area contributed by atoms with Gasteiger partial charge in [-0.25, -0.2) is 0 Å². The Balaban J connectivity index is 2.85. The fourth-order valence-corrected chi connectivity index (χ4v) is 1.59. The number of nitrogens with zero attached hydrogens (tertiary/aromatic N) is 1. The summed E-state index contributed by atoms with van der Waals surface area (Å²) in [5.74, 6) is 0. The molecule has 0 aromatic carbocycles. The van der Waals surface area contributed by atoms with Gasteiger partial charge in [0.2, 0.25) is 0 Å². The third-order valence-electron chi connectivity index (χ3n) is 2.81. The zero-order valence-corrected chi connectivity index (χ0v) is 9.70. The number of aliphatic hydroxyl groups is 1. The SMILES string of the molecule is CCC(C)NC(C)(CO)c1ccncc1. The van der Waals surface area contributed by atoms with Crippen LogP contribution >= 0.6 is 0 Å². The van der Waals surface area contributed by atoms with Crippen molar-refractivity contribution in [3.05, 3.63) is 30.1 Å². The molecule has 1 aromatic rings. The van der Waals surface area contributed by atoms with E-state index in [0.717, 1.165) is 12.0 Å². The molecule has 15 heavy (non-hydrogen) atoms. The van der Waals surface area contributed by atoms with Crippen LogP contribution in [-0.2, 0) is 5.54 Å². The molecule has 1 aromatic heterocycles. The largest absolute Gasteiger partial charge is 0.394 e. The molecule has 0 aliphatic heterocycles. The van der Waals surface area contributed by atoms with Crippen LogP contribution in [0.25, 0.3) is 0 Å². The van der Waals surface area contributed by atoms with Gasteiger partial charge in [-0.1, -0.05) is 6.92 Å². The smallest absolute Gasteiger partial charge is 0.0652 e. The fraction of sp³-hybridized carbons (Fsp3) is 0.583. The lowest BCUT2D eigenvalue weighted by Gasteiger charge is -2.32. The van der Waals surface area contributed by atoms with E-state index in [4.69, 9.17) is 0 Å². The number of hydrogen-bond donors (Lipinski definition) is 2. The first kappa shape index (κ1) is 12.1. The molecular weight excluding hydrogens is 188 g/mol. The summed E-state index contributed by atoms with van der Waals surface area (Å²) in [7, 11) is 0. The number of hydrogen-bond acceptors (Lipinski definition) is 3. The molecule has 0 bridgehead atoms. The van der Waals surface area contributed by atoms with Crippen molar-refractivity contribution < 1.29 is 5.11 Å². The molecule has 2 unspecified atom stereocenters. The maximum atomic E-state index is 9.50. The van der Waals surface area contributed by atoms with Crippen LogP contribution in [0.2, 0.25) is 0 Å². The molecule has 0 amide bonds. The fourth-order valence-electron chi connectivity index (χ4n) is 1.59. The van der Waals surface area contributed by atoms with E-state index >= 15 is 0 Å². The standard InChI is InChI=1S/C12H20N2O/c1-4-10(2)14-12(3,9-15)11-5-7-13-8-6-11/h5-8,10,14-15H,4,9H2,1-3H3. The minimum atomic E-state index is -0.377. The van der Waals surface area contributed by atoms with Crippen LogP contribution in [-0.4, -0.2) is 22.7 Å². The number of rotatable bonds is 5. The summed E-state index contributed by atoms with van der Waals surface area (Å²) >= 11 is 0. The van der Waals surface area contributed by atoms with Crippen molar-refractivity contribution in [3.63, 3.8) is 0 Å². The quantitative estimate of drug-likeness (QED) is 0.774. The molecule has 2 atom stereocenters. The highest BCUT2D eigenvalue weighted by Crippen LogP contribution is 2.20.